The number of hydrogen-bond donors (Lipinski definition) is 1. The molecule has 0 heterocycles. The number of nitrogens with two attached hydrogens (primary N) is 1. The first-order valence-electron chi connectivity index (χ1n) is 5.09. The Bertz CT molecular complexity index is 246. The minimum absolute atomic E-state index is 0.955. The normalized spacial score (nSPS) is 10.3. The predicted octanol–water partition coefficient (Wildman–Crippen LogP) is 3.31. The topological polar surface area (TPSA) is 26.0 Å². The molecule has 0 saturated carbocycles. The molecule has 2 N–H and O–H groups in total. The van der Waals surface area contributed by atoms with Gasteiger partial charge in [0, 0.05) is 5.69 Å². The zero-order chi connectivity index (χ0) is 9.68. The third-order valence-electron chi connectivity index (χ3n) is 2.48. The molecule has 0 aromatic heterocycles. The Labute approximate surface area is 81.0 Å². The maximum atomic E-state index is 5.90. The summed E-state index contributed by atoms with van der Waals surface area (Å²) in [5, 5.41) is 0. The largest absolute Gasteiger partial charge is 0.398 e. The first-order valence-corrected chi connectivity index (χ1v) is 5.09. The fraction of sp³-hybridized carbons (Fsp3) is 0.500. The Balaban J connectivity index is 2.64. The van der Waals surface area contributed by atoms with Crippen LogP contribution >= 0.6 is 0 Å². The Morgan fingerprint density at radius 2 is 2.00 bits per heavy atom. The number of nitrogen functional groups attached to an aromatic ring is 1. The van der Waals surface area contributed by atoms with Gasteiger partial charge in [0.1, 0.15) is 0 Å². The number of aryl methyl sites for hydroxylation is 1. The van der Waals surface area contributed by atoms with Crippen LogP contribution in [0.1, 0.15) is 37.3 Å². The van der Waals surface area contributed by atoms with Crippen LogP contribution in [0.15, 0.2) is 18.2 Å². The molecule has 0 bridgehead atoms. The van der Waals surface area contributed by atoms with Crippen LogP contribution in [-0.4, -0.2) is 0 Å². The zero-order valence-electron chi connectivity index (χ0n) is 8.64. The number of rotatable bonds is 4. The third-order valence-corrected chi connectivity index (χ3v) is 2.48. The molecule has 13 heavy (non-hydrogen) atoms. The quantitative estimate of drug-likeness (QED) is 0.554. The van der Waals surface area contributed by atoms with Gasteiger partial charge in [0.05, 0.1) is 0 Å². The fourth-order valence-corrected chi connectivity index (χ4v) is 1.62. The van der Waals surface area contributed by atoms with Crippen LogP contribution in [0.5, 0.6) is 0 Å². The lowest BCUT2D eigenvalue weighted by Gasteiger charge is -2.08. The highest BCUT2D eigenvalue weighted by Crippen LogP contribution is 2.18. The van der Waals surface area contributed by atoms with Crippen LogP contribution in [0.3, 0.4) is 0 Å². The van der Waals surface area contributed by atoms with Crippen LogP contribution in [0, 0.1) is 6.92 Å². The molecule has 0 aliphatic rings. The first kappa shape index (κ1) is 10.1. The van der Waals surface area contributed by atoms with Crippen LogP contribution in [0.2, 0.25) is 0 Å². The number of hydrogen-bond acceptors (Lipinski definition) is 1. The molecule has 0 aliphatic heterocycles. The van der Waals surface area contributed by atoms with Gasteiger partial charge in [0.15, 0.2) is 0 Å². The van der Waals surface area contributed by atoms with Gasteiger partial charge in [-0.25, -0.2) is 0 Å². The second-order valence-corrected chi connectivity index (χ2v) is 3.60. The van der Waals surface area contributed by atoms with Crippen molar-refractivity contribution in [3.63, 3.8) is 0 Å². The van der Waals surface area contributed by atoms with Gasteiger partial charge >= 0.3 is 0 Å². The number of unbranched alkanes of at least 4 members (excludes halogenated alkanes) is 2. The van der Waals surface area contributed by atoms with E-state index >= 15 is 0 Å². The van der Waals surface area contributed by atoms with Gasteiger partial charge in [-0.3, -0.25) is 0 Å². The van der Waals surface area contributed by atoms with Crippen molar-refractivity contribution in [3.05, 3.63) is 29.3 Å². The first-order chi connectivity index (χ1) is 6.25. The molecule has 0 aliphatic carbocycles. The third kappa shape index (κ3) is 2.76. The van der Waals surface area contributed by atoms with E-state index in [1.807, 2.05) is 12.1 Å². The summed E-state index contributed by atoms with van der Waals surface area (Å²) in [6, 6.07) is 6.15. The van der Waals surface area contributed by atoms with Gasteiger partial charge in [0.2, 0.25) is 0 Å². The molecular formula is C12H19N. The highest BCUT2D eigenvalue weighted by atomic mass is 14.6. The smallest absolute Gasteiger partial charge is 0.0349 e. The van der Waals surface area contributed by atoms with Crippen molar-refractivity contribution < 1.29 is 0 Å². The van der Waals surface area contributed by atoms with Crippen LogP contribution < -0.4 is 5.73 Å². The highest BCUT2D eigenvalue weighted by molar-refractivity contribution is 5.50. The molecule has 0 amide bonds. The van der Waals surface area contributed by atoms with E-state index in [1.54, 1.807) is 0 Å². The van der Waals surface area contributed by atoms with Crippen LogP contribution in [-0.2, 0) is 6.42 Å². The summed E-state index contributed by atoms with van der Waals surface area (Å²) in [6.45, 7) is 4.36. The van der Waals surface area contributed by atoms with Crippen molar-refractivity contribution in [1.82, 2.24) is 0 Å². The van der Waals surface area contributed by atoms with E-state index in [1.165, 1.54) is 30.4 Å². The molecule has 1 aromatic carbocycles. The maximum Gasteiger partial charge on any atom is 0.0349 e. The summed E-state index contributed by atoms with van der Waals surface area (Å²) in [5.41, 5.74) is 9.53. The van der Waals surface area contributed by atoms with Gasteiger partial charge in [0.25, 0.3) is 0 Å². The second-order valence-electron chi connectivity index (χ2n) is 3.60. The SMILES string of the molecule is CCCCCc1c(C)cccc1N. The molecule has 0 unspecified atom stereocenters. The van der Waals surface area contributed by atoms with E-state index in [-0.39, 0.29) is 0 Å². The molecule has 1 heteroatoms. The molecule has 0 saturated heterocycles. The van der Waals surface area contributed by atoms with Crippen molar-refractivity contribution >= 4 is 5.69 Å². The molecular weight excluding hydrogens is 158 g/mol. The van der Waals surface area contributed by atoms with Crippen LogP contribution in [0.25, 0.3) is 0 Å². The minimum Gasteiger partial charge on any atom is -0.398 e. The zero-order valence-corrected chi connectivity index (χ0v) is 8.64. The number of benzene rings is 1. The molecule has 0 spiro atoms. The average molecular weight is 177 g/mol. The van der Waals surface area contributed by atoms with Gasteiger partial charge in [-0.05, 0) is 37.0 Å². The van der Waals surface area contributed by atoms with E-state index in [0.717, 1.165) is 12.1 Å². The maximum absolute atomic E-state index is 5.90. The summed E-state index contributed by atoms with van der Waals surface area (Å²) in [5.74, 6) is 0. The van der Waals surface area contributed by atoms with Crippen molar-refractivity contribution in [2.45, 2.75) is 39.5 Å². The molecule has 1 aromatic rings. The lowest BCUT2D eigenvalue weighted by Crippen LogP contribution is -1.97. The van der Waals surface area contributed by atoms with E-state index in [2.05, 4.69) is 19.9 Å². The van der Waals surface area contributed by atoms with E-state index < -0.39 is 0 Å². The molecule has 1 nitrogen and oxygen atoms in total. The second kappa shape index (κ2) is 4.90. The standard InChI is InChI=1S/C12H19N/c1-3-4-5-8-11-10(2)7-6-9-12(11)13/h6-7,9H,3-5,8,13H2,1-2H3. The molecule has 72 valence electrons. The predicted molar refractivity (Wildman–Crippen MR) is 58.8 cm³/mol. The Hall–Kier alpha value is -0.980. The van der Waals surface area contributed by atoms with Crippen LogP contribution in [0.4, 0.5) is 5.69 Å². The molecule has 0 atom stereocenters. The van der Waals surface area contributed by atoms with Gasteiger partial charge in [-0.15, -0.1) is 0 Å². The lowest BCUT2D eigenvalue weighted by atomic mass is 10.0. The van der Waals surface area contributed by atoms with Gasteiger partial charge in [-0.2, -0.15) is 0 Å². The average Bonchev–Trinajstić information content (AvgIpc) is 2.10. The summed E-state index contributed by atoms with van der Waals surface area (Å²) in [6.07, 6.45) is 4.96. The van der Waals surface area contributed by atoms with Crippen molar-refractivity contribution in [2.24, 2.45) is 0 Å². The Morgan fingerprint density at radius 3 is 2.62 bits per heavy atom. The molecule has 1 rings (SSSR count). The van der Waals surface area contributed by atoms with E-state index in [4.69, 9.17) is 5.73 Å². The highest BCUT2D eigenvalue weighted by Gasteiger charge is 2.01. The van der Waals surface area contributed by atoms with E-state index in [0.29, 0.717) is 0 Å². The number of anilines is 1. The lowest BCUT2D eigenvalue weighted by molar-refractivity contribution is 0.716. The van der Waals surface area contributed by atoms with Crippen molar-refractivity contribution in [2.75, 3.05) is 5.73 Å². The Morgan fingerprint density at radius 1 is 1.23 bits per heavy atom. The van der Waals surface area contributed by atoms with Crippen molar-refractivity contribution in [3.8, 4) is 0 Å². The summed E-state index contributed by atoms with van der Waals surface area (Å²) in [7, 11) is 0. The van der Waals surface area contributed by atoms with Crippen molar-refractivity contribution in [1.29, 1.82) is 0 Å². The fourth-order valence-electron chi connectivity index (χ4n) is 1.62. The van der Waals surface area contributed by atoms with Gasteiger partial charge < -0.3 is 5.73 Å². The monoisotopic (exact) mass is 177 g/mol. The summed E-state index contributed by atoms with van der Waals surface area (Å²) >= 11 is 0. The summed E-state index contributed by atoms with van der Waals surface area (Å²) < 4.78 is 0. The van der Waals surface area contributed by atoms with Gasteiger partial charge in [-0.1, -0.05) is 31.9 Å². The molecule has 0 fully saturated rings. The molecule has 0 radical (unpaired) electrons. The minimum atomic E-state index is 0.955. The summed E-state index contributed by atoms with van der Waals surface area (Å²) in [4.78, 5) is 0. The Kier molecular flexibility index (Phi) is 3.81. The van der Waals surface area contributed by atoms with E-state index in [9.17, 15) is 0 Å².